The van der Waals surface area contributed by atoms with Gasteiger partial charge in [0.05, 0.1) is 12.9 Å². The smallest absolute Gasteiger partial charge is 0.326 e. The van der Waals surface area contributed by atoms with Crippen molar-refractivity contribution in [3.8, 4) is 0 Å². The van der Waals surface area contributed by atoms with Crippen LogP contribution in [0.15, 0.2) is 0 Å². The Bertz CT molecular complexity index is 325. The number of likely N-dealkylation sites (N-methyl/N-ethyl adjacent to an activating group) is 1. The van der Waals surface area contributed by atoms with Crippen LogP contribution in [-0.2, 0) is 14.3 Å². The first-order valence-electron chi connectivity index (χ1n) is 6.66. The van der Waals surface area contributed by atoms with Crippen LogP contribution in [0.1, 0.15) is 25.7 Å². The maximum absolute atomic E-state index is 12.0. The zero-order valence-corrected chi connectivity index (χ0v) is 12.8. The van der Waals surface area contributed by atoms with Crippen molar-refractivity contribution >= 4 is 23.6 Å². The summed E-state index contributed by atoms with van der Waals surface area (Å²) in [6, 6.07) is 0. The fourth-order valence-electron chi connectivity index (χ4n) is 2.81. The first-order valence-corrected chi connectivity index (χ1v) is 7.81. The van der Waals surface area contributed by atoms with Gasteiger partial charge in [-0.25, -0.2) is 0 Å². The van der Waals surface area contributed by atoms with Crippen LogP contribution >= 0.6 is 11.8 Å². The summed E-state index contributed by atoms with van der Waals surface area (Å²) < 4.78 is 4.95. The van der Waals surface area contributed by atoms with Gasteiger partial charge < -0.3 is 15.4 Å². The number of carbonyl (C=O) groups is 2. The molecule has 0 heterocycles. The summed E-state index contributed by atoms with van der Waals surface area (Å²) in [5, 5.41) is 5.78. The number of thioether (sulfide) groups is 1. The van der Waals surface area contributed by atoms with E-state index >= 15 is 0 Å². The second-order valence-corrected chi connectivity index (χ2v) is 5.92. The highest BCUT2D eigenvalue weighted by atomic mass is 32.2. The van der Waals surface area contributed by atoms with Crippen molar-refractivity contribution in [1.29, 1.82) is 0 Å². The third-order valence-electron chi connectivity index (χ3n) is 3.94. The molecule has 1 fully saturated rings. The minimum atomic E-state index is -0.525. The summed E-state index contributed by atoms with van der Waals surface area (Å²) in [7, 11) is 4.91. The fourth-order valence-corrected chi connectivity index (χ4v) is 3.74. The number of ether oxygens (including phenoxy) is 1. The van der Waals surface area contributed by atoms with Crippen LogP contribution in [0.3, 0.4) is 0 Å². The predicted molar refractivity (Wildman–Crippen MR) is 77.2 cm³/mol. The Balaban J connectivity index is 2.47. The Kier molecular flexibility index (Phi) is 6.65. The molecule has 0 aromatic rings. The highest BCUT2D eigenvalue weighted by Crippen LogP contribution is 2.39. The molecule has 2 N–H and O–H groups in total. The van der Waals surface area contributed by atoms with Gasteiger partial charge in [-0.15, -0.1) is 0 Å². The molecule has 19 heavy (non-hydrogen) atoms. The summed E-state index contributed by atoms with van der Waals surface area (Å²) >= 11 is 1.61. The van der Waals surface area contributed by atoms with E-state index in [1.165, 1.54) is 7.11 Å². The topological polar surface area (TPSA) is 67.4 Å². The van der Waals surface area contributed by atoms with Gasteiger partial charge >= 0.3 is 5.97 Å². The highest BCUT2D eigenvalue weighted by Gasteiger charge is 2.48. The molecule has 0 radical (unpaired) electrons. The summed E-state index contributed by atoms with van der Waals surface area (Å²) in [4.78, 5) is 23.1. The quantitative estimate of drug-likeness (QED) is 0.535. The molecule has 0 aromatic carbocycles. The zero-order valence-electron chi connectivity index (χ0n) is 12.0. The molecular weight excluding hydrogens is 264 g/mol. The SMILES string of the molecule is CNC(=O)CSCCC1CCCC1(NC)C(=O)OC. The van der Waals surface area contributed by atoms with Crippen molar-refractivity contribution in [2.45, 2.75) is 31.2 Å². The molecule has 0 saturated heterocycles. The Morgan fingerprint density at radius 1 is 1.42 bits per heavy atom. The van der Waals surface area contributed by atoms with Gasteiger partial charge in [-0.1, -0.05) is 6.42 Å². The van der Waals surface area contributed by atoms with Crippen molar-refractivity contribution in [3.63, 3.8) is 0 Å². The number of esters is 1. The van der Waals surface area contributed by atoms with E-state index < -0.39 is 5.54 Å². The number of rotatable bonds is 7. The average molecular weight is 288 g/mol. The van der Waals surface area contributed by atoms with Crippen LogP contribution < -0.4 is 10.6 Å². The Hall–Kier alpha value is -0.750. The molecule has 1 amide bonds. The van der Waals surface area contributed by atoms with Crippen molar-refractivity contribution in [3.05, 3.63) is 0 Å². The van der Waals surface area contributed by atoms with E-state index in [0.29, 0.717) is 11.7 Å². The van der Waals surface area contributed by atoms with Gasteiger partial charge in [0.1, 0.15) is 5.54 Å². The lowest BCUT2D eigenvalue weighted by Gasteiger charge is -2.32. The van der Waals surface area contributed by atoms with Crippen LogP contribution in [-0.4, -0.2) is 50.1 Å². The third kappa shape index (κ3) is 3.86. The van der Waals surface area contributed by atoms with Crippen LogP contribution in [0.4, 0.5) is 0 Å². The Labute approximate surface area is 119 Å². The van der Waals surface area contributed by atoms with E-state index in [2.05, 4.69) is 10.6 Å². The molecule has 1 aliphatic carbocycles. The van der Waals surface area contributed by atoms with Gasteiger partial charge in [0, 0.05) is 7.05 Å². The lowest BCUT2D eigenvalue weighted by Crippen LogP contribution is -2.53. The molecule has 1 rings (SSSR count). The molecule has 5 nitrogen and oxygen atoms in total. The Morgan fingerprint density at radius 3 is 2.74 bits per heavy atom. The van der Waals surface area contributed by atoms with Gasteiger partial charge in [0.25, 0.3) is 0 Å². The van der Waals surface area contributed by atoms with Crippen molar-refractivity contribution in [1.82, 2.24) is 10.6 Å². The normalized spacial score (nSPS) is 26.2. The van der Waals surface area contributed by atoms with Crippen molar-refractivity contribution < 1.29 is 14.3 Å². The van der Waals surface area contributed by atoms with Gasteiger partial charge in [0.2, 0.25) is 5.91 Å². The maximum Gasteiger partial charge on any atom is 0.326 e. The minimum Gasteiger partial charge on any atom is -0.468 e. The third-order valence-corrected chi connectivity index (χ3v) is 4.93. The maximum atomic E-state index is 12.0. The van der Waals surface area contributed by atoms with Crippen molar-refractivity contribution in [2.24, 2.45) is 5.92 Å². The van der Waals surface area contributed by atoms with Gasteiger partial charge in [-0.3, -0.25) is 9.59 Å². The van der Waals surface area contributed by atoms with Gasteiger partial charge in [0.15, 0.2) is 0 Å². The van der Waals surface area contributed by atoms with Crippen LogP contribution in [0.25, 0.3) is 0 Å². The van der Waals surface area contributed by atoms with Gasteiger partial charge in [-0.2, -0.15) is 11.8 Å². The predicted octanol–water partition coefficient (Wildman–Crippen LogP) is 0.787. The second kappa shape index (κ2) is 7.75. The van der Waals surface area contributed by atoms with Crippen LogP contribution in [0.2, 0.25) is 0 Å². The van der Waals surface area contributed by atoms with E-state index in [4.69, 9.17) is 4.74 Å². The van der Waals surface area contributed by atoms with Gasteiger partial charge in [-0.05, 0) is 38.0 Å². The van der Waals surface area contributed by atoms with E-state index in [-0.39, 0.29) is 11.9 Å². The lowest BCUT2D eigenvalue weighted by atomic mass is 9.85. The van der Waals surface area contributed by atoms with E-state index in [0.717, 1.165) is 31.4 Å². The molecule has 0 bridgehead atoms. The van der Waals surface area contributed by atoms with Crippen LogP contribution in [0.5, 0.6) is 0 Å². The molecule has 110 valence electrons. The summed E-state index contributed by atoms with van der Waals surface area (Å²) in [5.74, 6) is 1.55. The monoisotopic (exact) mass is 288 g/mol. The summed E-state index contributed by atoms with van der Waals surface area (Å²) in [5.41, 5.74) is -0.525. The molecule has 1 saturated carbocycles. The highest BCUT2D eigenvalue weighted by molar-refractivity contribution is 7.99. The molecule has 0 aliphatic heterocycles. The number of hydrogen-bond acceptors (Lipinski definition) is 5. The summed E-state index contributed by atoms with van der Waals surface area (Å²) in [6.07, 6.45) is 3.84. The standard InChI is InChI=1S/C13H24N2O3S/c1-14-11(16)9-19-8-6-10-5-4-7-13(10,15-2)12(17)18-3/h10,15H,4-9H2,1-3H3,(H,14,16). The molecule has 6 heteroatoms. The molecule has 2 unspecified atom stereocenters. The molecule has 1 aliphatic rings. The van der Waals surface area contributed by atoms with E-state index in [1.807, 2.05) is 7.05 Å². The molecule has 2 atom stereocenters. The lowest BCUT2D eigenvalue weighted by molar-refractivity contribution is -0.150. The number of carbonyl (C=O) groups excluding carboxylic acids is 2. The minimum absolute atomic E-state index is 0.0456. The van der Waals surface area contributed by atoms with Crippen LogP contribution in [0, 0.1) is 5.92 Å². The van der Waals surface area contributed by atoms with E-state index in [9.17, 15) is 9.59 Å². The largest absolute Gasteiger partial charge is 0.468 e. The fraction of sp³-hybridized carbons (Fsp3) is 0.846. The number of nitrogens with one attached hydrogen (secondary N) is 2. The summed E-state index contributed by atoms with van der Waals surface area (Å²) in [6.45, 7) is 0. The first kappa shape index (κ1) is 16.3. The number of amides is 1. The van der Waals surface area contributed by atoms with E-state index in [1.54, 1.807) is 18.8 Å². The molecule has 0 spiro atoms. The number of hydrogen-bond donors (Lipinski definition) is 2. The Morgan fingerprint density at radius 2 is 2.16 bits per heavy atom. The first-order chi connectivity index (χ1) is 9.10. The molecule has 0 aromatic heterocycles. The number of methoxy groups -OCH3 is 1. The van der Waals surface area contributed by atoms with Crippen molar-refractivity contribution in [2.75, 3.05) is 32.7 Å². The second-order valence-electron chi connectivity index (χ2n) is 4.82. The molecular formula is C13H24N2O3S. The zero-order chi connectivity index (χ0) is 14.3. The average Bonchev–Trinajstić information content (AvgIpc) is 2.86.